The van der Waals surface area contributed by atoms with Crippen LogP contribution in [0.1, 0.15) is 36.3 Å². The Balaban J connectivity index is 1.90. The second-order valence-corrected chi connectivity index (χ2v) is 5.41. The topological polar surface area (TPSA) is 84.4 Å². The van der Waals surface area contributed by atoms with Gasteiger partial charge in [-0.2, -0.15) is 0 Å². The summed E-state index contributed by atoms with van der Waals surface area (Å²) in [5, 5.41) is 3.17. The Morgan fingerprint density at radius 1 is 1.50 bits per heavy atom. The number of carbonyl (C=O) groups excluding carboxylic acids is 2. The summed E-state index contributed by atoms with van der Waals surface area (Å²) in [6.45, 7) is 7.72. The SMILES string of the molecule is CCOC(=O)c1cnc(NC[C@H]2CCN(C(C)=O)C2)nc1C. The van der Waals surface area contributed by atoms with Crippen molar-refractivity contribution >= 4 is 17.8 Å². The lowest BCUT2D eigenvalue weighted by molar-refractivity contribution is -0.127. The molecule has 0 spiro atoms. The molecule has 2 rings (SSSR count). The maximum atomic E-state index is 11.7. The maximum Gasteiger partial charge on any atom is 0.341 e. The van der Waals surface area contributed by atoms with Crippen LogP contribution < -0.4 is 5.32 Å². The zero-order valence-corrected chi connectivity index (χ0v) is 13.3. The van der Waals surface area contributed by atoms with E-state index < -0.39 is 5.97 Å². The summed E-state index contributed by atoms with van der Waals surface area (Å²) in [6.07, 6.45) is 2.46. The van der Waals surface area contributed by atoms with E-state index in [9.17, 15) is 9.59 Å². The molecule has 0 bridgehead atoms. The molecule has 7 nitrogen and oxygen atoms in total. The Bertz CT molecular complexity index is 562. The molecule has 1 atom stereocenters. The molecule has 1 aliphatic rings. The molecule has 1 aromatic rings. The number of aromatic nitrogens is 2. The van der Waals surface area contributed by atoms with E-state index in [-0.39, 0.29) is 5.91 Å². The highest BCUT2D eigenvalue weighted by atomic mass is 16.5. The van der Waals surface area contributed by atoms with E-state index in [4.69, 9.17) is 4.74 Å². The van der Waals surface area contributed by atoms with E-state index in [1.807, 2.05) is 4.90 Å². The molecule has 0 aliphatic carbocycles. The third-order valence-electron chi connectivity index (χ3n) is 3.75. The standard InChI is InChI=1S/C15H22N4O3/c1-4-22-14(21)13-8-17-15(18-10(13)2)16-7-12-5-6-19(9-12)11(3)20/h8,12H,4-7,9H2,1-3H3,(H,16,17,18)/t12-/m1/s1. The van der Waals surface area contributed by atoms with Gasteiger partial charge in [0.2, 0.25) is 11.9 Å². The smallest absolute Gasteiger partial charge is 0.341 e. The summed E-state index contributed by atoms with van der Waals surface area (Å²) in [7, 11) is 0. The highest BCUT2D eigenvalue weighted by Gasteiger charge is 2.24. The van der Waals surface area contributed by atoms with Crippen molar-refractivity contribution in [2.24, 2.45) is 5.92 Å². The van der Waals surface area contributed by atoms with Crippen molar-refractivity contribution in [2.75, 3.05) is 31.6 Å². The van der Waals surface area contributed by atoms with Crippen LogP contribution in [0.4, 0.5) is 5.95 Å². The summed E-state index contributed by atoms with van der Waals surface area (Å²) < 4.78 is 4.95. The normalized spacial score (nSPS) is 17.4. The number of hydrogen-bond donors (Lipinski definition) is 1. The van der Waals surface area contributed by atoms with Gasteiger partial charge < -0.3 is 15.0 Å². The van der Waals surface area contributed by atoms with Crippen LogP contribution in [0.25, 0.3) is 0 Å². The van der Waals surface area contributed by atoms with Gasteiger partial charge in [0.05, 0.1) is 17.9 Å². The first-order chi connectivity index (χ1) is 10.5. The maximum absolute atomic E-state index is 11.7. The van der Waals surface area contributed by atoms with Crippen molar-refractivity contribution < 1.29 is 14.3 Å². The first-order valence-electron chi connectivity index (χ1n) is 7.51. The number of hydrogen-bond acceptors (Lipinski definition) is 6. The van der Waals surface area contributed by atoms with Crippen LogP contribution >= 0.6 is 0 Å². The lowest BCUT2D eigenvalue weighted by Crippen LogP contribution is -2.27. The minimum absolute atomic E-state index is 0.119. The van der Waals surface area contributed by atoms with Gasteiger partial charge in [0, 0.05) is 32.8 Å². The average Bonchev–Trinajstić information content (AvgIpc) is 2.94. The Labute approximate surface area is 130 Å². The molecule has 0 saturated carbocycles. The third-order valence-corrected chi connectivity index (χ3v) is 3.75. The molecular weight excluding hydrogens is 284 g/mol. The van der Waals surface area contributed by atoms with Crippen LogP contribution in [0, 0.1) is 12.8 Å². The highest BCUT2D eigenvalue weighted by molar-refractivity contribution is 5.90. The van der Waals surface area contributed by atoms with Crippen molar-refractivity contribution in [1.82, 2.24) is 14.9 Å². The second kappa shape index (κ2) is 7.20. The van der Waals surface area contributed by atoms with Crippen molar-refractivity contribution in [3.63, 3.8) is 0 Å². The van der Waals surface area contributed by atoms with Gasteiger partial charge in [0.1, 0.15) is 0 Å². The number of likely N-dealkylation sites (tertiary alicyclic amines) is 1. The van der Waals surface area contributed by atoms with E-state index in [2.05, 4.69) is 15.3 Å². The Morgan fingerprint density at radius 3 is 2.86 bits per heavy atom. The first kappa shape index (κ1) is 16.2. The van der Waals surface area contributed by atoms with E-state index in [1.165, 1.54) is 6.20 Å². The lowest BCUT2D eigenvalue weighted by atomic mass is 10.1. The number of nitrogens with one attached hydrogen (secondary N) is 1. The van der Waals surface area contributed by atoms with Crippen LogP contribution in [0.5, 0.6) is 0 Å². The minimum Gasteiger partial charge on any atom is -0.462 e. The Hall–Kier alpha value is -2.18. The van der Waals surface area contributed by atoms with Gasteiger partial charge in [-0.25, -0.2) is 14.8 Å². The van der Waals surface area contributed by atoms with Crippen molar-refractivity contribution in [2.45, 2.75) is 27.2 Å². The number of amides is 1. The Kier molecular flexibility index (Phi) is 5.30. The number of rotatable bonds is 5. The summed E-state index contributed by atoms with van der Waals surface area (Å²) in [5.41, 5.74) is 0.976. The Morgan fingerprint density at radius 2 is 2.27 bits per heavy atom. The molecule has 1 fully saturated rings. The van der Waals surface area contributed by atoms with E-state index in [0.29, 0.717) is 36.3 Å². The number of ether oxygens (including phenoxy) is 1. The van der Waals surface area contributed by atoms with E-state index in [0.717, 1.165) is 19.5 Å². The number of esters is 1. The average molecular weight is 306 g/mol. The molecule has 120 valence electrons. The fourth-order valence-electron chi connectivity index (χ4n) is 2.48. The number of aryl methyl sites for hydroxylation is 1. The molecule has 0 aromatic carbocycles. The molecule has 22 heavy (non-hydrogen) atoms. The summed E-state index contributed by atoms with van der Waals surface area (Å²) in [5.74, 6) is 0.609. The van der Waals surface area contributed by atoms with Crippen LogP contribution in [-0.4, -0.2) is 53.0 Å². The quantitative estimate of drug-likeness (QED) is 0.824. The van der Waals surface area contributed by atoms with Crippen molar-refractivity contribution in [3.8, 4) is 0 Å². The molecule has 1 amide bonds. The van der Waals surface area contributed by atoms with Crippen molar-refractivity contribution in [1.29, 1.82) is 0 Å². The second-order valence-electron chi connectivity index (χ2n) is 5.41. The summed E-state index contributed by atoms with van der Waals surface area (Å²) >= 11 is 0. The molecule has 0 radical (unpaired) electrons. The molecule has 7 heteroatoms. The van der Waals surface area contributed by atoms with E-state index >= 15 is 0 Å². The van der Waals surface area contributed by atoms with E-state index in [1.54, 1.807) is 20.8 Å². The van der Waals surface area contributed by atoms with Crippen LogP contribution in [0.3, 0.4) is 0 Å². The zero-order valence-electron chi connectivity index (χ0n) is 13.3. The van der Waals surface area contributed by atoms with Crippen LogP contribution in [0.2, 0.25) is 0 Å². The largest absolute Gasteiger partial charge is 0.462 e. The monoisotopic (exact) mass is 306 g/mol. The zero-order chi connectivity index (χ0) is 16.1. The first-order valence-corrected chi connectivity index (χ1v) is 7.51. The fraction of sp³-hybridized carbons (Fsp3) is 0.600. The predicted octanol–water partition coefficient (Wildman–Crippen LogP) is 1.24. The van der Waals surface area contributed by atoms with Gasteiger partial charge in [-0.1, -0.05) is 0 Å². The number of nitrogens with zero attached hydrogens (tertiary/aromatic N) is 3. The van der Waals surface area contributed by atoms with Gasteiger partial charge in [-0.3, -0.25) is 4.79 Å². The van der Waals surface area contributed by atoms with Gasteiger partial charge in [0.25, 0.3) is 0 Å². The van der Waals surface area contributed by atoms with Gasteiger partial charge in [0.15, 0.2) is 0 Å². The molecular formula is C15H22N4O3. The molecule has 1 aromatic heterocycles. The fourth-order valence-corrected chi connectivity index (χ4v) is 2.48. The highest BCUT2D eigenvalue weighted by Crippen LogP contribution is 2.17. The molecule has 1 N–H and O–H groups in total. The van der Waals surface area contributed by atoms with Crippen LogP contribution in [-0.2, 0) is 9.53 Å². The predicted molar refractivity (Wildman–Crippen MR) is 81.6 cm³/mol. The van der Waals surface area contributed by atoms with Gasteiger partial charge in [-0.15, -0.1) is 0 Å². The molecule has 1 aliphatic heterocycles. The molecule has 1 saturated heterocycles. The lowest BCUT2D eigenvalue weighted by Gasteiger charge is -2.14. The summed E-state index contributed by atoms with van der Waals surface area (Å²) in [4.78, 5) is 33.3. The number of carbonyl (C=O) groups is 2. The van der Waals surface area contributed by atoms with Crippen molar-refractivity contribution in [3.05, 3.63) is 17.5 Å². The van der Waals surface area contributed by atoms with Gasteiger partial charge >= 0.3 is 5.97 Å². The van der Waals surface area contributed by atoms with Gasteiger partial charge in [-0.05, 0) is 26.2 Å². The van der Waals surface area contributed by atoms with Crippen LogP contribution in [0.15, 0.2) is 6.20 Å². The minimum atomic E-state index is -0.403. The third kappa shape index (κ3) is 3.93. The molecule has 0 unspecified atom stereocenters. The summed E-state index contributed by atoms with van der Waals surface area (Å²) in [6, 6.07) is 0. The molecule has 2 heterocycles. The number of anilines is 1.